The average Bonchev–Trinajstić information content (AvgIpc) is 4.21. The molecule has 5 atom stereocenters. The lowest BCUT2D eigenvalue weighted by Crippen LogP contribution is -2.51. The van der Waals surface area contributed by atoms with Gasteiger partial charge in [-0.25, -0.2) is 23.9 Å². The van der Waals surface area contributed by atoms with Crippen molar-refractivity contribution in [2.75, 3.05) is 27.3 Å². The second-order valence-corrected chi connectivity index (χ2v) is 20.4. The summed E-state index contributed by atoms with van der Waals surface area (Å²) in [4.78, 5) is 74.3. The number of aromatic amines is 2. The van der Waals surface area contributed by atoms with Gasteiger partial charge in [0.05, 0.1) is 71.7 Å². The maximum Gasteiger partial charge on any atom is 0.407 e. The minimum absolute atomic E-state index is 0. The van der Waals surface area contributed by atoms with Crippen molar-refractivity contribution in [1.29, 1.82) is 0 Å². The number of carbonyl (C=O) groups is 4. The Kier molecular flexibility index (Phi) is 18.3. The third-order valence-corrected chi connectivity index (χ3v) is 15.4. The topological polar surface area (TPSA) is 189 Å². The number of hydrogen-bond donors (Lipinski definition) is 4. The van der Waals surface area contributed by atoms with Crippen molar-refractivity contribution in [2.45, 2.75) is 109 Å². The van der Waals surface area contributed by atoms with E-state index in [1.807, 2.05) is 52.0 Å². The highest BCUT2D eigenvalue weighted by Crippen LogP contribution is 2.49. The van der Waals surface area contributed by atoms with Crippen LogP contribution < -0.4 is 15.4 Å². The standard InChI is InChI=1S/C51H58FN9O7S.4H2S/c1-26(2)43(57-50(64)66-5)47(62)59-17-9-12-36(59)45-53-24-33(55-45)28-15-16-35-31(19-28)21-38-42-32(52)20-30(22-39(42)68-49(61(35)38)41-23-29-11-7-8-14-40(29)69-41)34-25-54-46(56-34)37-13-10-18-60(37)48(63)44(27(3)4)58-51(65)67-6;;;;/h15-16,19-27,36-37,43-44,49H,7-14,17-18H2,1-6H3,(H,53,55)(H,54,56)(H,57,64)(H,58,65);4*1H2/t36-,37-,43-,44-,49?;;;;/m0..../s1. The van der Waals surface area contributed by atoms with E-state index in [9.17, 15) is 19.2 Å². The van der Waals surface area contributed by atoms with Crippen LogP contribution in [-0.2, 0) is 31.9 Å². The Morgan fingerprint density at radius 3 is 1.85 bits per heavy atom. The van der Waals surface area contributed by atoms with Crippen molar-refractivity contribution >= 4 is 100 Å². The van der Waals surface area contributed by atoms with E-state index in [2.05, 4.69) is 37.3 Å². The number of halogens is 1. The maximum atomic E-state index is 17.0. The monoisotopic (exact) mass is 1100 g/mol. The van der Waals surface area contributed by atoms with Gasteiger partial charge in [-0.15, -0.1) is 11.3 Å². The number of aryl methyl sites for hydroxylation is 2. The molecule has 4 N–H and O–H groups in total. The number of ether oxygens (including phenoxy) is 3. The van der Waals surface area contributed by atoms with E-state index in [0.29, 0.717) is 59.4 Å². The molecule has 0 spiro atoms. The van der Waals surface area contributed by atoms with Crippen molar-refractivity contribution in [3.63, 3.8) is 0 Å². The van der Waals surface area contributed by atoms with Crippen LogP contribution in [0.1, 0.15) is 111 Å². The summed E-state index contributed by atoms with van der Waals surface area (Å²) in [5.41, 5.74) is 6.09. The summed E-state index contributed by atoms with van der Waals surface area (Å²) < 4.78 is 35.7. The molecule has 1 aliphatic carbocycles. The molecule has 22 heteroatoms. The number of H-pyrrole nitrogens is 2. The molecule has 4 aliphatic rings. The van der Waals surface area contributed by atoms with Crippen molar-refractivity contribution in [3.8, 4) is 39.5 Å². The maximum absolute atomic E-state index is 17.0. The number of rotatable bonds is 11. The summed E-state index contributed by atoms with van der Waals surface area (Å²) in [7, 11) is 2.55. The van der Waals surface area contributed by atoms with Crippen molar-refractivity contribution in [1.82, 2.24) is 44.9 Å². The van der Waals surface area contributed by atoms with Gasteiger partial charge in [-0.1, -0.05) is 33.8 Å². The third kappa shape index (κ3) is 10.8. The second-order valence-electron chi connectivity index (χ2n) is 19.2. The van der Waals surface area contributed by atoms with Gasteiger partial charge < -0.3 is 44.6 Å². The van der Waals surface area contributed by atoms with E-state index >= 15 is 4.39 Å². The minimum Gasteiger partial charge on any atom is -0.464 e. The average molecular weight is 1100 g/mol. The molecule has 7 heterocycles. The Morgan fingerprint density at radius 2 is 1.30 bits per heavy atom. The van der Waals surface area contributed by atoms with Crippen LogP contribution in [-0.4, -0.2) is 97.7 Å². The first-order valence-electron chi connectivity index (χ1n) is 24.0. The SMILES string of the molecule is COC(=O)N[C@H](C(=O)N1CCC[C@H]1c1ncc(-c2cc(F)c3c(c2)OC(c2cc4c(s2)CCCC4)n2c-3cc3cc(-c4cnc([C@@H]5CCCN5C(=O)[C@@H](NC(=O)OC)C(C)C)[nH]4)ccc32)[nH]1)C(C)C.S.S.S.S. The number of methoxy groups -OCH3 is 2. The summed E-state index contributed by atoms with van der Waals surface area (Å²) in [6, 6.07) is 11.7. The van der Waals surface area contributed by atoms with Crippen molar-refractivity contribution in [3.05, 3.63) is 87.6 Å². The fourth-order valence-corrected chi connectivity index (χ4v) is 11.9. The number of aromatic nitrogens is 5. The summed E-state index contributed by atoms with van der Waals surface area (Å²) in [5, 5.41) is 6.30. The molecule has 2 fully saturated rings. The molecule has 0 saturated carbocycles. The normalized spacial score (nSPS) is 18.5. The van der Waals surface area contributed by atoms with Gasteiger partial charge in [-0.05, 0) is 105 Å². The quantitative estimate of drug-likeness (QED) is 0.0980. The van der Waals surface area contributed by atoms with Gasteiger partial charge in [-0.3, -0.25) is 14.2 Å². The molecule has 16 nitrogen and oxygen atoms in total. The second kappa shape index (κ2) is 23.5. The summed E-state index contributed by atoms with van der Waals surface area (Å²) in [6.07, 6.45) is 8.89. The fourth-order valence-electron chi connectivity index (χ4n) is 10.6. The van der Waals surface area contributed by atoms with Gasteiger partial charge >= 0.3 is 12.2 Å². The van der Waals surface area contributed by atoms with Crippen LogP contribution >= 0.6 is 65.3 Å². The minimum atomic E-state index is -0.767. The predicted octanol–water partition coefficient (Wildman–Crippen LogP) is 9.65. The van der Waals surface area contributed by atoms with Crippen molar-refractivity contribution < 1.29 is 37.8 Å². The van der Waals surface area contributed by atoms with E-state index in [4.69, 9.17) is 24.2 Å². The van der Waals surface area contributed by atoms with Gasteiger partial charge in [0, 0.05) is 34.5 Å². The number of imidazole rings is 2. The molecule has 2 aromatic carbocycles. The molecule has 1 unspecified atom stereocenters. The number of carbonyl (C=O) groups excluding carboxylic acids is 4. The Bertz CT molecular complexity index is 2950. The molecule has 2 saturated heterocycles. The molecular formula is C51H66FN9O7S5. The molecule has 0 bridgehead atoms. The molecule has 6 aromatic rings. The number of thiophene rings is 1. The molecule has 394 valence electrons. The van der Waals surface area contributed by atoms with Crippen LogP contribution in [0.15, 0.2) is 54.9 Å². The lowest BCUT2D eigenvalue weighted by atomic mass is 9.99. The molecule has 73 heavy (non-hydrogen) atoms. The Hall–Kier alpha value is -5.29. The van der Waals surface area contributed by atoms with Gasteiger partial charge in [0.2, 0.25) is 18.0 Å². The van der Waals surface area contributed by atoms with E-state index < -0.39 is 36.3 Å². The predicted molar refractivity (Wildman–Crippen MR) is 299 cm³/mol. The van der Waals surface area contributed by atoms with Crippen LogP contribution in [0.25, 0.3) is 44.7 Å². The molecule has 4 amide bonds. The zero-order valence-electron chi connectivity index (χ0n) is 41.7. The first kappa shape index (κ1) is 57.0. The first-order chi connectivity index (χ1) is 33.3. The lowest BCUT2D eigenvalue weighted by molar-refractivity contribution is -0.136. The van der Waals surface area contributed by atoms with Gasteiger partial charge in [0.15, 0.2) is 0 Å². The Balaban J connectivity index is 0.00000217. The van der Waals surface area contributed by atoms with E-state index in [1.165, 1.54) is 30.7 Å². The number of alkyl carbamates (subject to hydrolysis) is 2. The summed E-state index contributed by atoms with van der Waals surface area (Å²) in [5.74, 6) is 0.505. The van der Waals surface area contributed by atoms with Gasteiger partial charge in [0.25, 0.3) is 0 Å². The lowest BCUT2D eigenvalue weighted by Gasteiger charge is -2.30. The number of benzene rings is 2. The Morgan fingerprint density at radius 1 is 0.740 bits per heavy atom. The smallest absolute Gasteiger partial charge is 0.407 e. The number of nitrogens with zero attached hydrogens (tertiary/aromatic N) is 5. The number of fused-ring (bicyclic) bond motifs is 6. The van der Waals surface area contributed by atoms with Gasteiger partial charge in [0.1, 0.15) is 35.3 Å². The fraction of sp³-hybridized carbons (Fsp3) is 0.451. The van der Waals surface area contributed by atoms with Crippen LogP contribution in [0.3, 0.4) is 0 Å². The van der Waals surface area contributed by atoms with Crippen LogP contribution in [0.2, 0.25) is 0 Å². The number of likely N-dealkylation sites (tertiary alicyclic amines) is 2. The van der Waals surface area contributed by atoms with Crippen molar-refractivity contribution in [2.24, 2.45) is 11.8 Å². The van der Waals surface area contributed by atoms with Crippen LogP contribution in [0, 0.1) is 17.7 Å². The zero-order chi connectivity index (χ0) is 48.2. The third-order valence-electron chi connectivity index (χ3n) is 14.2. The highest BCUT2D eigenvalue weighted by Gasteiger charge is 2.40. The zero-order valence-corrected chi connectivity index (χ0v) is 46.5. The number of amides is 4. The van der Waals surface area contributed by atoms with Crippen LogP contribution in [0.4, 0.5) is 14.0 Å². The summed E-state index contributed by atoms with van der Waals surface area (Å²) >= 11 is 1.76. The first-order valence-corrected chi connectivity index (χ1v) is 24.8. The Labute approximate surface area is 456 Å². The molecular weight excluding hydrogens is 1030 g/mol. The number of nitrogens with one attached hydrogen (secondary N) is 4. The molecule has 0 radical (unpaired) electrons. The van der Waals surface area contributed by atoms with E-state index in [1.54, 1.807) is 33.5 Å². The van der Waals surface area contributed by atoms with E-state index in [0.717, 1.165) is 72.0 Å². The van der Waals surface area contributed by atoms with E-state index in [-0.39, 0.29) is 89.7 Å². The molecule has 10 rings (SSSR count). The largest absolute Gasteiger partial charge is 0.464 e. The highest BCUT2D eigenvalue weighted by atomic mass is 32.1. The highest BCUT2D eigenvalue weighted by molar-refractivity contribution is 7.59. The summed E-state index contributed by atoms with van der Waals surface area (Å²) in [6.45, 7) is 8.60. The van der Waals surface area contributed by atoms with Gasteiger partial charge in [-0.2, -0.15) is 54.0 Å². The molecule has 4 aromatic heterocycles. The molecule has 3 aliphatic heterocycles. The van der Waals surface area contributed by atoms with Crippen LogP contribution in [0.5, 0.6) is 5.75 Å². The number of hydrogen-bond acceptors (Lipinski definition) is 10.